The van der Waals surface area contributed by atoms with E-state index in [0.29, 0.717) is 9.86 Å². The van der Waals surface area contributed by atoms with Crippen LogP contribution in [0, 0.1) is 5.82 Å². The first-order chi connectivity index (χ1) is 5.79. The highest BCUT2D eigenvalue weighted by atomic mass is 79.9. The van der Waals surface area contributed by atoms with Gasteiger partial charge in [0, 0.05) is 5.39 Å². The third-order valence-electron chi connectivity index (χ3n) is 1.82. The largest absolute Gasteiger partial charge is 0.205 e. The molecule has 0 amide bonds. The molecule has 0 atom stereocenters. The molecule has 60 valence electrons. The molecule has 2 aromatic rings. The first-order valence-electron chi connectivity index (χ1n) is 3.62. The Morgan fingerprint density at radius 2 is 1.75 bits per heavy atom. The van der Waals surface area contributed by atoms with Crippen molar-refractivity contribution in [3.63, 3.8) is 0 Å². The van der Waals surface area contributed by atoms with Gasteiger partial charge in [0.05, 0.1) is 4.47 Å². The van der Waals surface area contributed by atoms with E-state index in [1.165, 1.54) is 0 Å². The lowest BCUT2D eigenvalue weighted by molar-refractivity contribution is 0.633. The summed E-state index contributed by atoms with van der Waals surface area (Å²) in [5.74, 6) is -0.187. The second-order valence-corrected chi connectivity index (χ2v) is 3.44. The van der Waals surface area contributed by atoms with E-state index >= 15 is 0 Å². The van der Waals surface area contributed by atoms with Crippen molar-refractivity contribution in [2.24, 2.45) is 0 Å². The van der Waals surface area contributed by atoms with Gasteiger partial charge in [-0.25, -0.2) is 4.39 Å². The van der Waals surface area contributed by atoms with Crippen molar-refractivity contribution in [2.45, 2.75) is 0 Å². The Morgan fingerprint density at radius 1 is 1.00 bits per heavy atom. The highest BCUT2D eigenvalue weighted by molar-refractivity contribution is 9.10. The number of benzene rings is 2. The molecule has 0 bridgehead atoms. The van der Waals surface area contributed by atoms with E-state index in [4.69, 9.17) is 0 Å². The molecular formula is C10H6BrF. The molecule has 0 heterocycles. The standard InChI is InChI=1S/C10H6BrF/c11-9-6-5-7-3-1-2-4-8(7)10(9)12/h1-6H. The summed E-state index contributed by atoms with van der Waals surface area (Å²) in [5, 5.41) is 1.59. The van der Waals surface area contributed by atoms with Gasteiger partial charge < -0.3 is 0 Å². The zero-order chi connectivity index (χ0) is 8.55. The Bertz CT molecular complexity index is 423. The molecule has 0 unspecified atom stereocenters. The fraction of sp³-hybridized carbons (Fsp3) is 0. The van der Waals surface area contributed by atoms with Crippen molar-refractivity contribution in [2.75, 3.05) is 0 Å². The Hall–Kier alpha value is -0.890. The quantitative estimate of drug-likeness (QED) is 0.640. The van der Waals surface area contributed by atoms with Crippen LogP contribution in [-0.4, -0.2) is 0 Å². The summed E-state index contributed by atoms with van der Waals surface area (Å²) in [5.41, 5.74) is 0. The van der Waals surface area contributed by atoms with Gasteiger partial charge in [0.25, 0.3) is 0 Å². The number of halogens is 2. The normalized spacial score (nSPS) is 10.5. The predicted octanol–water partition coefficient (Wildman–Crippen LogP) is 3.74. The van der Waals surface area contributed by atoms with Gasteiger partial charge in [-0.05, 0) is 27.4 Å². The minimum absolute atomic E-state index is 0.187. The maximum Gasteiger partial charge on any atom is 0.145 e. The van der Waals surface area contributed by atoms with Crippen molar-refractivity contribution in [1.82, 2.24) is 0 Å². The molecular weight excluding hydrogens is 219 g/mol. The third kappa shape index (κ3) is 1.12. The number of hydrogen-bond donors (Lipinski definition) is 0. The van der Waals surface area contributed by atoms with E-state index in [2.05, 4.69) is 15.9 Å². The van der Waals surface area contributed by atoms with Crippen LogP contribution in [0.2, 0.25) is 0 Å². The molecule has 0 aliphatic carbocycles. The van der Waals surface area contributed by atoms with Crippen LogP contribution < -0.4 is 0 Å². The molecule has 2 heteroatoms. The van der Waals surface area contributed by atoms with Crippen LogP contribution in [0.3, 0.4) is 0 Å². The Balaban J connectivity index is 2.91. The highest BCUT2D eigenvalue weighted by Gasteiger charge is 2.02. The summed E-state index contributed by atoms with van der Waals surface area (Å²) < 4.78 is 13.9. The molecule has 0 fully saturated rings. The molecule has 0 saturated heterocycles. The summed E-state index contributed by atoms with van der Waals surface area (Å²) >= 11 is 3.14. The minimum atomic E-state index is -0.187. The maximum atomic E-state index is 13.4. The molecule has 12 heavy (non-hydrogen) atoms. The van der Waals surface area contributed by atoms with E-state index in [-0.39, 0.29) is 5.82 Å². The van der Waals surface area contributed by atoms with E-state index in [9.17, 15) is 4.39 Å². The molecule has 0 nitrogen and oxygen atoms in total. The van der Waals surface area contributed by atoms with Crippen LogP contribution in [0.4, 0.5) is 4.39 Å². The minimum Gasteiger partial charge on any atom is -0.205 e. The summed E-state index contributed by atoms with van der Waals surface area (Å²) in [6.07, 6.45) is 0. The summed E-state index contributed by atoms with van der Waals surface area (Å²) in [6.45, 7) is 0. The fourth-order valence-corrected chi connectivity index (χ4v) is 1.55. The van der Waals surface area contributed by atoms with E-state index in [1.54, 1.807) is 12.1 Å². The lowest BCUT2D eigenvalue weighted by atomic mass is 10.1. The van der Waals surface area contributed by atoms with Gasteiger partial charge in [-0.3, -0.25) is 0 Å². The molecule has 0 aliphatic heterocycles. The maximum absolute atomic E-state index is 13.4. The summed E-state index contributed by atoms with van der Waals surface area (Å²) in [7, 11) is 0. The monoisotopic (exact) mass is 224 g/mol. The van der Waals surface area contributed by atoms with Crippen LogP contribution in [-0.2, 0) is 0 Å². The van der Waals surface area contributed by atoms with Gasteiger partial charge in [-0.1, -0.05) is 30.3 Å². The molecule has 0 radical (unpaired) electrons. The SMILES string of the molecule is Fc1c(Br)ccc2ccccc12. The fourth-order valence-electron chi connectivity index (χ4n) is 1.21. The van der Waals surface area contributed by atoms with Crippen molar-refractivity contribution in [1.29, 1.82) is 0 Å². The van der Waals surface area contributed by atoms with Gasteiger partial charge in [0.15, 0.2) is 0 Å². The lowest BCUT2D eigenvalue weighted by Crippen LogP contribution is -1.80. The lowest BCUT2D eigenvalue weighted by Gasteiger charge is -1.99. The van der Waals surface area contributed by atoms with E-state index in [0.717, 1.165) is 5.39 Å². The molecule has 0 aromatic heterocycles. The van der Waals surface area contributed by atoms with Gasteiger partial charge >= 0.3 is 0 Å². The van der Waals surface area contributed by atoms with Crippen molar-refractivity contribution >= 4 is 26.7 Å². The van der Waals surface area contributed by atoms with E-state index < -0.39 is 0 Å². The van der Waals surface area contributed by atoms with Gasteiger partial charge in [-0.2, -0.15) is 0 Å². The van der Waals surface area contributed by atoms with Crippen molar-refractivity contribution in [3.8, 4) is 0 Å². The van der Waals surface area contributed by atoms with Gasteiger partial charge in [0.1, 0.15) is 5.82 Å². The smallest absolute Gasteiger partial charge is 0.145 e. The predicted molar refractivity (Wildman–Crippen MR) is 51.6 cm³/mol. The molecule has 0 spiro atoms. The first kappa shape index (κ1) is 7.74. The second-order valence-electron chi connectivity index (χ2n) is 2.58. The van der Waals surface area contributed by atoms with Crippen molar-refractivity contribution in [3.05, 3.63) is 46.7 Å². The van der Waals surface area contributed by atoms with Crippen LogP contribution in [0.1, 0.15) is 0 Å². The highest BCUT2D eigenvalue weighted by Crippen LogP contribution is 2.24. The zero-order valence-corrected chi connectivity index (χ0v) is 7.81. The Morgan fingerprint density at radius 3 is 2.58 bits per heavy atom. The topological polar surface area (TPSA) is 0 Å². The summed E-state index contributed by atoms with van der Waals surface area (Å²) in [4.78, 5) is 0. The van der Waals surface area contributed by atoms with Gasteiger partial charge in [0.2, 0.25) is 0 Å². The van der Waals surface area contributed by atoms with Crippen LogP contribution in [0.5, 0.6) is 0 Å². The average molecular weight is 225 g/mol. The second kappa shape index (κ2) is 2.87. The zero-order valence-electron chi connectivity index (χ0n) is 6.22. The van der Waals surface area contributed by atoms with Crippen LogP contribution in [0.15, 0.2) is 40.9 Å². The summed E-state index contributed by atoms with van der Waals surface area (Å²) in [6, 6.07) is 11.0. The third-order valence-corrected chi connectivity index (χ3v) is 2.43. The molecule has 0 N–H and O–H groups in total. The average Bonchev–Trinajstić information content (AvgIpc) is 2.12. The van der Waals surface area contributed by atoms with Crippen molar-refractivity contribution < 1.29 is 4.39 Å². The number of fused-ring (bicyclic) bond motifs is 1. The van der Waals surface area contributed by atoms with E-state index in [1.807, 2.05) is 24.3 Å². The molecule has 0 saturated carbocycles. The number of rotatable bonds is 0. The van der Waals surface area contributed by atoms with Crippen LogP contribution in [0.25, 0.3) is 10.8 Å². The first-order valence-corrected chi connectivity index (χ1v) is 4.41. The number of hydrogen-bond acceptors (Lipinski definition) is 0. The van der Waals surface area contributed by atoms with Crippen LogP contribution >= 0.6 is 15.9 Å². The molecule has 2 aromatic carbocycles. The Labute approximate surface area is 78.1 Å². The van der Waals surface area contributed by atoms with Gasteiger partial charge in [-0.15, -0.1) is 0 Å². The molecule has 2 rings (SSSR count). The Kier molecular flexibility index (Phi) is 1.85. The molecule has 0 aliphatic rings.